The Labute approximate surface area is 131 Å². The predicted molar refractivity (Wildman–Crippen MR) is 86.0 cm³/mol. The summed E-state index contributed by atoms with van der Waals surface area (Å²) >= 11 is 0. The molecule has 0 aromatic heterocycles. The highest BCUT2D eigenvalue weighted by Gasteiger charge is 2.35. The number of nitrogens with zero attached hydrogens (tertiary/aromatic N) is 1. The number of carbonyl (C=O) groups excluding carboxylic acids is 1. The molecule has 0 amide bonds. The maximum absolute atomic E-state index is 12.0. The molecule has 0 spiro atoms. The third kappa shape index (κ3) is 5.63. The van der Waals surface area contributed by atoms with Crippen LogP contribution in [0.2, 0.25) is 0 Å². The molecule has 0 saturated carbocycles. The molecule has 122 valence electrons. The molecule has 6 heteroatoms. The van der Waals surface area contributed by atoms with E-state index < -0.39 is 17.2 Å². The lowest BCUT2D eigenvalue weighted by Gasteiger charge is -2.26. The molecule has 0 unspecified atom stereocenters. The standard InChI is InChI=1S/C16H24N2O4/c1-15(2,3)21-14(19)16(4,5)22-18-10-11-7-12(17)9-13(8-11)20-6/h7-10H,17H2,1-6H3. The number of oxime groups is 1. The van der Waals surface area contributed by atoms with E-state index in [0.29, 0.717) is 17.0 Å². The molecule has 1 aromatic rings. The van der Waals surface area contributed by atoms with Crippen molar-refractivity contribution in [3.63, 3.8) is 0 Å². The maximum atomic E-state index is 12.0. The van der Waals surface area contributed by atoms with E-state index in [1.54, 1.807) is 59.9 Å². The van der Waals surface area contributed by atoms with Crippen LogP contribution in [0.25, 0.3) is 0 Å². The average Bonchev–Trinajstić information content (AvgIpc) is 2.35. The Balaban J connectivity index is 2.75. The number of nitrogen functional groups attached to an aromatic ring is 1. The Kier molecular flexibility index (Phi) is 5.41. The fourth-order valence-electron chi connectivity index (χ4n) is 1.50. The van der Waals surface area contributed by atoms with Crippen LogP contribution in [0.15, 0.2) is 23.4 Å². The fraction of sp³-hybridized carbons (Fsp3) is 0.500. The van der Waals surface area contributed by atoms with Crippen LogP contribution in [0.1, 0.15) is 40.2 Å². The second kappa shape index (κ2) is 6.68. The minimum atomic E-state index is -1.19. The lowest BCUT2D eigenvalue weighted by molar-refractivity contribution is -0.179. The lowest BCUT2D eigenvalue weighted by Crippen LogP contribution is -2.39. The van der Waals surface area contributed by atoms with Crippen LogP contribution in [-0.4, -0.2) is 30.5 Å². The number of hydrogen-bond donors (Lipinski definition) is 1. The van der Waals surface area contributed by atoms with Crippen molar-refractivity contribution in [2.75, 3.05) is 12.8 Å². The Hall–Kier alpha value is -2.24. The van der Waals surface area contributed by atoms with E-state index in [-0.39, 0.29) is 0 Å². The molecule has 1 aromatic carbocycles. The fourth-order valence-corrected chi connectivity index (χ4v) is 1.50. The van der Waals surface area contributed by atoms with Gasteiger partial charge in [0.1, 0.15) is 11.4 Å². The molecule has 2 N–H and O–H groups in total. The predicted octanol–water partition coefficient (Wildman–Crippen LogP) is 2.75. The van der Waals surface area contributed by atoms with Crippen molar-refractivity contribution in [2.45, 2.75) is 45.8 Å². The Morgan fingerprint density at radius 1 is 1.18 bits per heavy atom. The number of methoxy groups -OCH3 is 1. The molecule has 0 fully saturated rings. The summed E-state index contributed by atoms with van der Waals surface area (Å²) in [5.41, 5.74) is 5.24. The molecule has 0 aliphatic heterocycles. The third-order valence-electron chi connectivity index (χ3n) is 2.56. The molecule has 6 nitrogen and oxygen atoms in total. The van der Waals surface area contributed by atoms with Gasteiger partial charge in [-0.05, 0) is 46.8 Å². The van der Waals surface area contributed by atoms with E-state index >= 15 is 0 Å². The highest BCUT2D eigenvalue weighted by molar-refractivity contribution is 5.82. The van der Waals surface area contributed by atoms with Gasteiger partial charge in [-0.25, -0.2) is 4.79 Å². The van der Waals surface area contributed by atoms with E-state index in [0.717, 1.165) is 0 Å². The third-order valence-corrected chi connectivity index (χ3v) is 2.56. The molecule has 0 aliphatic rings. The quantitative estimate of drug-likeness (QED) is 0.391. The summed E-state index contributed by atoms with van der Waals surface area (Å²) in [6, 6.07) is 5.17. The normalized spacial score (nSPS) is 12.3. The number of esters is 1. The molecule has 0 aliphatic carbocycles. The van der Waals surface area contributed by atoms with Crippen molar-refractivity contribution in [3.05, 3.63) is 23.8 Å². The Bertz CT molecular complexity index is 560. The first-order valence-electron chi connectivity index (χ1n) is 6.93. The van der Waals surface area contributed by atoms with Gasteiger partial charge in [0.05, 0.1) is 13.3 Å². The van der Waals surface area contributed by atoms with Gasteiger partial charge in [0.25, 0.3) is 0 Å². The van der Waals surface area contributed by atoms with Gasteiger partial charge >= 0.3 is 5.97 Å². The monoisotopic (exact) mass is 308 g/mol. The van der Waals surface area contributed by atoms with E-state index in [1.807, 2.05) is 0 Å². The van der Waals surface area contributed by atoms with Gasteiger partial charge < -0.3 is 20.0 Å². The number of carbonyl (C=O) groups is 1. The molecule has 1 rings (SSSR count). The minimum Gasteiger partial charge on any atom is -0.497 e. The highest BCUT2D eigenvalue weighted by atomic mass is 16.7. The second-order valence-electron chi connectivity index (χ2n) is 6.38. The Morgan fingerprint density at radius 2 is 1.82 bits per heavy atom. The zero-order valence-electron chi connectivity index (χ0n) is 14.0. The van der Waals surface area contributed by atoms with Gasteiger partial charge in [0.15, 0.2) is 0 Å². The highest BCUT2D eigenvalue weighted by Crippen LogP contribution is 2.19. The Morgan fingerprint density at radius 3 is 2.36 bits per heavy atom. The minimum absolute atomic E-state index is 0.484. The van der Waals surface area contributed by atoms with E-state index in [1.165, 1.54) is 6.21 Å². The van der Waals surface area contributed by atoms with Crippen LogP contribution in [0, 0.1) is 0 Å². The SMILES string of the molecule is COc1cc(N)cc(C=NOC(C)(C)C(=O)OC(C)(C)C)c1. The summed E-state index contributed by atoms with van der Waals surface area (Å²) in [4.78, 5) is 17.3. The van der Waals surface area contributed by atoms with Crippen LogP contribution in [-0.2, 0) is 14.4 Å². The van der Waals surface area contributed by atoms with Crippen LogP contribution < -0.4 is 10.5 Å². The van der Waals surface area contributed by atoms with Crippen LogP contribution in [0.5, 0.6) is 5.75 Å². The van der Waals surface area contributed by atoms with Crippen molar-refractivity contribution >= 4 is 17.9 Å². The molecule has 22 heavy (non-hydrogen) atoms. The number of ether oxygens (including phenoxy) is 2. The van der Waals surface area contributed by atoms with E-state index in [4.69, 9.17) is 20.0 Å². The summed E-state index contributed by atoms with van der Waals surface area (Å²) < 4.78 is 10.4. The van der Waals surface area contributed by atoms with Crippen molar-refractivity contribution in [1.82, 2.24) is 0 Å². The molecule has 0 saturated heterocycles. The first-order valence-corrected chi connectivity index (χ1v) is 6.93. The first kappa shape index (κ1) is 17.8. The van der Waals surface area contributed by atoms with Gasteiger partial charge in [0, 0.05) is 17.3 Å². The van der Waals surface area contributed by atoms with Crippen molar-refractivity contribution < 1.29 is 19.1 Å². The smallest absolute Gasteiger partial charge is 0.353 e. The number of hydrogen-bond acceptors (Lipinski definition) is 6. The zero-order chi connectivity index (χ0) is 17.0. The van der Waals surface area contributed by atoms with Crippen molar-refractivity contribution in [2.24, 2.45) is 5.16 Å². The first-order chi connectivity index (χ1) is 10.0. The molecular formula is C16H24N2O4. The molecule has 0 radical (unpaired) electrons. The van der Waals surface area contributed by atoms with Crippen molar-refractivity contribution in [1.29, 1.82) is 0 Å². The summed E-state index contributed by atoms with van der Waals surface area (Å²) in [7, 11) is 1.55. The number of anilines is 1. The van der Waals surface area contributed by atoms with Gasteiger partial charge in [-0.15, -0.1) is 0 Å². The van der Waals surface area contributed by atoms with Gasteiger partial charge in [-0.2, -0.15) is 0 Å². The van der Waals surface area contributed by atoms with Gasteiger partial charge in [-0.1, -0.05) is 5.16 Å². The molecule has 0 bridgehead atoms. The molecule has 0 atom stereocenters. The van der Waals surface area contributed by atoms with Crippen LogP contribution in [0.3, 0.4) is 0 Å². The summed E-state index contributed by atoms with van der Waals surface area (Å²) in [6.45, 7) is 8.58. The van der Waals surface area contributed by atoms with E-state index in [2.05, 4.69) is 5.16 Å². The summed E-state index contributed by atoms with van der Waals surface area (Å²) in [6.07, 6.45) is 1.46. The maximum Gasteiger partial charge on any atom is 0.353 e. The lowest BCUT2D eigenvalue weighted by atomic mass is 10.1. The van der Waals surface area contributed by atoms with Gasteiger partial charge in [-0.3, -0.25) is 0 Å². The van der Waals surface area contributed by atoms with Crippen molar-refractivity contribution in [3.8, 4) is 5.75 Å². The molecular weight excluding hydrogens is 284 g/mol. The van der Waals surface area contributed by atoms with E-state index in [9.17, 15) is 4.79 Å². The number of nitrogens with two attached hydrogens (primary N) is 1. The topological polar surface area (TPSA) is 83.1 Å². The average molecular weight is 308 g/mol. The number of benzene rings is 1. The zero-order valence-corrected chi connectivity index (χ0v) is 14.0. The summed E-state index contributed by atoms with van der Waals surface area (Å²) in [5, 5.41) is 3.84. The molecule has 0 heterocycles. The van der Waals surface area contributed by atoms with Crippen LogP contribution >= 0.6 is 0 Å². The van der Waals surface area contributed by atoms with Crippen LogP contribution in [0.4, 0.5) is 5.69 Å². The number of rotatable bonds is 5. The summed E-state index contributed by atoms with van der Waals surface area (Å²) in [5.74, 6) is 0.134. The second-order valence-corrected chi connectivity index (χ2v) is 6.38. The van der Waals surface area contributed by atoms with Gasteiger partial charge in [0.2, 0.25) is 5.60 Å². The largest absolute Gasteiger partial charge is 0.497 e.